The Kier molecular flexibility index (Phi) is 4.83. The van der Waals surface area contributed by atoms with Gasteiger partial charge in [0.15, 0.2) is 6.54 Å². The van der Waals surface area contributed by atoms with Gasteiger partial charge < -0.3 is 10.2 Å². The standard InChI is InChI=1S/C15H21ClN2O/c1-11-5-6-14(13(16)8-11)17-15(19)10-18-7-3-4-12(2)9-18/h5-6,8,12H,3-4,7,9-10H2,1-2H3,(H,17,19)/p+1/t12-/m1/s1. The molecule has 2 rings (SSSR count). The Balaban J connectivity index is 1.90. The van der Waals surface area contributed by atoms with Gasteiger partial charge in [-0.15, -0.1) is 0 Å². The second-order valence-electron chi connectivity index (χ2n) is 5.66. The number of anilines is 1. The van der Waals surface area contributed by atoms with Crippen molar-refractivity contribution in [2.45, 2.75) is 26.7 Å². The molecule has 1 heterocycles. The largest absolute Gasteiger partial charge is 0.327 e. The van der Waals surface area contributed by atoms with Crippen LogP contribution >= 0.6 is 11.6 Å². The van der Waals surface area contributed by atoms with E-state index in [4.69, 9.17) is 11.6 Å². The maximum atomic E-state index is 12.0. The molecule has 0 radical (unpaired) electrons. The number of benzene rings is 1. The van der Waals surface area contributed by atoms with Crippen LogP contribution in [-0.4, -0.2) is 25.5 Å². The van der Waals surface area contributed by atoms with E-state index in [0.717, 1.165) is 24.6 Å². The first-order valence-electron chi connectivity index (χ1n) is 6.94. The summed E-state index contributed by atoms with van der Waals surface area (Å²) in [5.41, 5.74) is 1.81. The van der Waals surface area contributed by atoms with Crippen molar-refractivity contribution < 1.29 is 9.69 Å². The van der Waals surface area contributed by atoms with Crippen molar-refractivity contribution in [3.63, 3.8) is 0 Å². The van der Waals surface area contributed by atoms with Crippen LogP contribution < -0.4 is 10.2 Å². The van der Waals surface area contributed by atoms with Gasteiger partial charge in [0.1, 0.15) is 0 Å². The van der Waals surface area contributed by atoms with Gasteiger partial charge in [-0.2, -0.15) is 0 Å². The molecule has 1 aliphatic heterocycles. The number of quaternary nitrogens is 1. The molecule has 1 unspecified atom stereocenters. The molecule has 1 aromatic carbocycles. The summed E-state index contributed by atoms with van der Waals surface area (Å²) in [4.78, 5) is 13.4. The van der Waals surface area contributed by atoms with Crippen molar-refractivity contribution in [2.24, 2.45) is 5.92 Å². The first-order chi connectivity index (χ1) is 9.04. The molecular weight excluding hydrogens is 260 g/mol. The Morgan fingerprint density at radius 3 is 3.00 bits per heavy atom. The van der Waals surface area contributed by atoms with Gasteiger partial charge in [-0.05, 0) is 37.5 Å². The van der Waals surface area contributed by atoms with Crippen LogP contribution in [0.3, 0.4) is 0 Å². The van der Waals surface area contributed by atoms with E-state index in [9.17, 15) is 4.79 Å². The maximum Gasteiger partial charge on any atom is 0.279 e. The van der Waals surface area contributed by atoms with Crippen LogP contribution in [0.1, 0.15) is 25.3 Å². The molecule has 0 aliphatic carbocycles. The van der Waals surface area contributed by atoms with Crippen molar-refractivity contribution in [3.8, 4) is 0 Å². The average molecular weight is 282 g/mol. The number of piperidine rings is 1. The van der Waals surface area contributed by atoms with Crippen molar-refractivity contribution in [1.29, 1.82) is 0 Å². The van der Waals surface area contributed by atoms with Crippen LogP contribution in [0.15, 0.2) is 18.2 Å². The molecule has 1 saturated heterocycles. The number of rotatable bonds is 3. The minimum absolute atomic E-state index is 0.0508. The van der Waals surface area contributed by atoms with Crippen LogP contribution in [0.4, 0.5) is 5.69 Å². The fourth-order valence-corrected chi connectivity index (χ4v) is 2.98. The van der Waals surface area contributed by atoms with Crippen LogP contribution in [0, 0.1) is 12.8 Å². The van der Waals surface area contributed by atoms with Crippen LogP contribution in [-0.2, 0) is 4.79 Å². The zero-order valence-electron chi connectivity index (χ0n) is 11.6. The predicted molar refractivity (Wildman–Crippen MR) is 78.8 cm³/mol. The number of amides is 1. The lowest BCUT2D eigenvalue weighted by Crippen LogP contribution is -3.14. The van der Waals surface area contributed by atoms with E-state index in [2.05, 4.69) is 12.2 Å². The molecule has 1 amide bonds. The Hall–Kier alpha value is -1.06. The van der Waals surface area contributed by atoms with Gasteiger partial charge in [-0.3, -0.25) is 4.79 Å². The molecule has 0 saturated carbocycles. The number of halogens is 1. The molecule has 0 aromatic heterocycles. The molecular formula is C15H22ClN2O+. The lowest BCUT2D eigenvalue weighted by Gasteiger charge is -2.27. The summed E-state index contributed by atoms with van der Waals surface area (Å²) in [5, 5.41) is 3.51. The maximum absolute atomic E-state index is 12.0. The normalized spacial score (nSPS) is 23.1. The van der Waals surface area contributed by atoms with Crippen molar-refractivity contribution in [2.75, 3.05) is 25.0 Å². The van der Waals surface area contributed by atoms with Crippen LogP contribution in [0.5, 0.6) is 0 Å². The lowest BCUT2D eigenvalue weighted by molar-refractivity contribution is -0.900. The highest BCUT2D eigenvalue weighted by Crippen LogP contribution is 2.22. The molecule has 0 bridgehead atoms. The van der Waals surface area contributed by atoms with Gasteiger partial charge in [-0.1, -0.05) is 24.6 Å². The summed E-state index contributed by atoms with van der Waals surface area (Å²) in [6.45, 7) is 6.97. The van der Waals surface area contributed by atoms with Crippen LogP contribution in [0.25, 0.3) is 0 Å². The lowest BCUT2D eigenvalue weighted by atomic mass is 10.0. The number of carbonyl (C=O) groups is 1. The number of aryl methyl sites for hydroxylation is 1. The van der Waals surface area contributed by atoms with Crippen molar-refractivity contribution in [1.82, 2.24) is 0 Å². The van der Waals surface area contributed by atoms with E-state index >= 15 is 0 Å². The third-order valence-electron chi connectivity index (χ3n) is 3.67. The summed E-state index contributed by atoms with van der Waals surface area (Å²) >= 11 is 6.12. The number of nitrogens with one attached hydrogen (secondary N) is 2. The quantitative estimate of drug-likeness (QED) is 0.872. The average Bonchev–Trinajstić information content (AvgIpc) is 2.33. The number of likely N-dealkylation sites (tertiary alicyclic amines) is 1. The first-order valence-corrected chi connectivity index (χ1v) is 7.32. The minimum atomic E-state index is 0.0508. The molecule has 1 aliphatic rings. The summed E-state index contributed by atoms with van der Waals surface area (Å²) in [5.74, 6) is 0.773. The molecule has 4 heteroatoms. The molecule has 3 nitrogen and oxygen atoms in total. The third kappa shape index (κ3) is 4.22. The molecule has 2 atom stereocenters. The fraction of sp³-hybridized carbons (Fsp3) is 0.533. The number of carbonyl (C=O) groups excluding carboxylic acids is 1. The second kappa shape index (κ2) is 6.40. The van der Waals surface area contributed by atoms with Gasteiger partial charge in [0.2, 0.25) is 0 Å². The number of hydrogen-bond donors (Lipinski definition) is 2. The molecule has 2 N–H and O–H groups in total. The Labute approximate surface area is 119 Å². The van der Waals surface area contributed by atoms with E-state index in [1.165, 1.54) is 17.7 Å². The SMILES string of the molecule is Cc1ccc(NC(=O)C[NH+]2CCC[C@@H](C)C2)c(Cl)c1. The zero-order chi connectivity index (χ0) is 13.8. The third-order valence-corrected chi connectivity index (χ3v) is 3.99. The molecule has 19 heavy (non-hydrogen) atoms. The monoisotopic (exact) mass is 281 g/mol. The summed E-state index contributed by atoms with van der Waals surface area (Å²) in [6, 6.07) is 5.69. The summed E-state index contributed by atoms with van der Waals surface area (Å²) < 4.78 is 0. The molecule has 104 valence electrons. The van der Waals surface area contributed by atoms with Crippen molar-refractivity contribution in [3.05, 3.63) is 28.8 Å². The second-order valence-corrected chi connectivity index (χ2v) is 6.07. The Bertz CT molecular complexity index is 461. The van der Waals surface area contributed by atoms with E-state index < -0.39 is 0 Å². The van der Waals surface area contributed by atoms with E-state index in [1.54, 1.807) is 0 Å². The Morgan fingerprint density at radius 1 is 1.53 bits per heavy atom. The highest BCUT2D eigenvalue weighted by Gasteiger charge is 2.22. The molecule has 1 aromatic rings. The van der Waals surface area contributed by atoms with Gasteiger partial charge in [0.05, 0.1) is 23.8 Å². The van der Waals surface area contributed by atoms with Gasteiger partial charge in [0.25, 0.3) is 5.91 Å². The fourth-order valence-electron chi connectivity index (χ4n) is 2.70. The summed E-state index contributed by atoms with van der Waals surface area (Å²) in [7, 11) is 0. The Morgan fingerprint density at radius 2 is 2.32 bits per heavy atom. The topological polar surface area (TPSA) is 33.5 Å². The summed E-state index contributed by atoms with van der Waals surface area (Å²) in [6.07, 6.45) is 2.50. The molecule has 1 fully saturated rings. The van der Waals surface area contributed by atoms with Gasteiger partial charge in [0, 0.05) is 5.92 Å². The highest BCUT2D eigenvalue weighted by molar-refractivity contribution is 6.33. The molecule has 0 spiro atoms. The predicted octanol–water partition coefficient (Wildman–Crippen LogP) is 1.90. The number of hydrogen-bond acceptors (Lipinski definition) is 1. The zero-order valence-corrected chi connectivity index (χ0v) is 12.4. The van der Waals surface area contributed by atoms with Crippen LogP contribution in [0.2, 0.25) is 5.02 Å². The van der Waals surface area contributed by atoms with Gasteiger partial charge >= 0.3 is 0 Å². The first kappa shape index (κ1) is 14.4. The van der Waals surface area contributed by atoms with E-state index in [1.807, 2.05) is 25.1 Å². The van der Waals surface area contributed by atoms with E-state index in [-0.39, 0.29) is 5.91 Å². The van der Waals surface area contributed by atoms with Crippen molar-refractivity contribution >= 4 is 23.2 Å². The minimum Gasteiger partial charge on any atom is -0.327 e. The smallest absolute Gasteiger partial charge is 0.279 e. The van der Waals surface area contributed by atoms with E-state index in [0.29, 0.717) is 17.3 Å². The van der Waals surface area contributed by atoms with Gasteiger partial charge in [-0.25, -0.2) is 0 Å². The highest BCUT2D eigenvalue weighted by atomic mass is 35.5.